The van der Waals surface area contributed by atoms with Gasteiger partial charge in [-0.2, -0.15) is 0 Å². The molecule has 0 aliphatic carbocycles. The first-order chi connectivity index (χ1) is 13.9. The molecule has 2 aromatic carbocycles. The molecule has 0 spiro atoms. The topological polar surface area (TPSA) is 55.8 Å². The van der Waals surface area contributed by atoms with Crippen molar-refractivity contribution in [3.8, 4) is 11.5 Å². The van der Waals surface area contributed by atoms with Gasteiger partial charge in [-0.05, 0) is 76.2 Å². The van der Waals surface area contributed by atoms with E-state index >= 15 is 0 Å². The van der Waals surface area contributed by atoms with Crippen LogP contribution in [0.2, 0.25) is 0 Å². The SMILES string of the molecule is CCCOc1c(I)cc(/C=C2\SC(=O)N(Cc3ccccc3Br)C2=O)cc1OC. The van der Waals surface area contributed by atoms with Crippen molar-refractivity contribution in [1.82, 2.24) is 4.90 Å². The minimum atomic E-state index is -0.295. The van der Waals surface area contributed by atoms with Crippen molar-refractivity contribution in [3.63, 3.8) is 0 Å². The van der Waals surface area contributed by atoms with Gasteiger partial charge < -0.3 is 9.47 Å². The standard InChI is InChI=1S/C21H19BrINO4S/c1-3-8-28-19-16(23)9-13(10-17(19)27-2)11-18-20(25)24(21(26)29-18)12-14-6-4-5-7-15(14)22/h4-7,9-11H,3,8,12H2,1-2H3/b18-11-. The van der Waals surface area contributed by atoms with E-state index in [0.29, 0.717) is 23.0 Å². The highest BCUT2D eigenvalue weighted by Crippen LogP contribution is 2.38. The Morgan fingerprint density at radius 2 is 2.00 bits per heavy atom. The predicted octanol–water partition coefficient (Wildman–Crippen LogP) is 6.09. The molecule has 3 rings (SSSR count). The van der Waals surface area contributed by atoms with Gasteiger partial charge in [-0.1, -0.05) is 41.1 Å². The van der Waals surface area contributed by atoms with Crippen LogP contribution >= 0.6 is 50.3 Å². The number of ether oxygens (including phenoxy) is 2. The van der Waals surface area contributed by atoms with Crippen LogP contribution in [0.1, 0.15) is 24.5 Å². The van der Waals surface area contributed by atoms with Gasteiger partial charge in [0.2, 0.25) is 0 Å². The smallest absolute Gasteiger partial charge is 0.293 e. The molecular weight excluding hydrogens is 569 g/mol. The average molecular weight is 588 g/mol. The molecule has 5 nitrogen and oxygen atoms in total. The van der Waals surface area contributed by atoms with Crippen LogP contribution in [0.15, 0.2) is 45.8 Å². The highest BCUT2D eigenvalue weighted by Gasteiger charge is 2.35. The van der Waals surface area contributed by atoms with Crippen molar-refractivity contribution in [3.05, 3.63) is 60.5 Å². The van der Waals surface area contributed by atoms with Gasteiger partial charge in [-0.3, -0.25) is 14.5 Å². The lowest BCUT2D eigenvalue weighted by Crippen LogP contribution is -2.27. The maximum absolute atomic E-state index is 12.8. The lowest BCUT2D eigenvalue weighted by molar-refractivity contribution is -0.123. The summed E-state index contributed by atoms with van der Waals surface area (Å²) in [6, 6.07) is 11.3. The lowest BCUT2D eigenvalue weighted by atomic mass is 10.1. The van der Waals surface area contributed by atoms with Gasteiger partial charge in [0, 0.05) is 4.47 Å². The monoisotopic (exact) mass is 587 g/mol. The van der Waals surface area contributed by atoms with Crippen LogP contribution in [0.25, 0.3) is 6.08 Å². The molecule has 0 bridgehead atoms. The molecule has 0 atom stereocenters. The molecule has 8 heteroatoms. The van der Waals surface area contributed by atoms with E-state index in [1.165, 1.54) is 4.90 Å². The third-order valence-corrected chi connectivity index (χ3v) is 6.64. The molecule has 2 aromatic rings. The van der Waals surface area contributed by atoms with E-state index in [9.17, 15) is 9.59 Å². The van der Waals surface area contributed by atoms with E-state index in [1.807, 2.05) is 43.3 Å². The summed E-state index contributed by atoms with van der Waals surface area (Å²) in [5.41, 5.74) is 1.66. The van der Waals surface area contributed by atoms with Gasteiger partial charge in [0.15, 0.2) is 11.5 Å². The number of benzene rings is 2. The van der Waals surface area contributed by atoms with E-state index in [4.69, 9.17) is 9.47 Å². The Morgan fingerprint density at radius 1 is 1.24 bits per heavy atom. The number of hydrogen-bond acceptors (Lipinski definition) is 5. The van der Waals surface area contributed by atoms with Gasteiger partial charge in [-0.15, -0.1) is 0 Å². The summed E-state index contributed by atoms with van der Waals surface area (Å²) in [4.78, 5) is 26.9. The summed E-state index contributed by atoms with van der Waals surface area (Å²) < 4.78 is 13.0. The van der Waals surface area contributed by atoms with Crippen LogP contribution < -0.4 is 9.47 Å². The lowest BCUT2D eigenvalue weighted by Gasteiger charge is -2.14. The Bertz CT molecular complexity index is 979. The summed E-state index contributed by atoms with van der Waals surface area (Å²) in [7, 11) is 1.58. The van der Waals surface area contributed by atoms with Crippen LogP contribution in [0.3, 0.4) is 0 Å². The van der Waals surface area contributed by atoms with Crippen molar-refractivity contribution in [2.24, 2.45) is 0 Å². The van der Waals surface area contributed by atoms with Gasteiger partial charge in [0.25, 0.3) is 11.1 Å². The van der Waals surface area contributed by atoms with E-state index in [-0.39, 0.29) is 17.7 Å². The van der Waals surface area contributed by atoms with Crippen molar-refractivity contribution in [2.45, 2.75) is 19.9 Å². The van der Waals surface area contributed by atoms with Crippen LogP contribution in [0.5, 0.6) is 11.5 Å². The normalized spacial score (nSPS) is 15.3. The van der Waals surface area contributed by atoms with Gasteiger partial charge >= 0.3 is 0 Å². The van der Waals surface area contributed by atoms with E-state index in [2.05, 4.69) is 38.5 Å². The molecule has 2 amide bonds. The van der Waals surface area contributed by atoms with Crippen LogP contribution in [0, 0.1) is 3.57 Å². The molecule has 1 aliphatic rings. The minimum absolute atomic E-state index is 0.230. The first-order valence-electron chi connectivity index (χ1n) is 8.93. The summed E-state index contributed by atoms with van der Waals surface area (Å²) in [6.07, 6.45) is 2.62. The third kappa shape index (κ3) is 5.16. The first kappa shape index (κ1) is 22.2. The quantitative estimate of drug-likeness (QED) is 0.290. The fraction of sp³-hybridized carbons (Fsp3) is 0.238. The van der Waals surface area contributed by atoms with Crippen LogP contribution in [0.4, 0.5) is 4.79 Å². The maximum atomic E-state index is 12.8. The van der Waals surface area contributed by atoms with Crippen molar-refractivity contribution in [2.75, 3.05) is 13.7 Å². The Hall–Kier alpha value is -1.52. The van der Waals surface area contributed by atoms with Crippen molar-refractivity contribution >= 4 is 67.5 Å². The second-order valence-corrected chi connectivity index (χ2v) is 9.25. The average Bonchev–Trinajstić information content (AvgIpc) is 2.95. The van der Waals surface area contributed by atoms with E-state index < -0.39 is 0 Å². The largest absolute Gasteiger partial charge is 0.493 e. The second kappa shape index (κ2) is 9.99. The zero-order chi connectivity index (χ0) is 21.0. The number of carbonyl (C=O) groups is 2. The molecule has 0 aromatic heterocycles. The molecule has 29 heavy (non-hydrogen) atoms. The zero-order valence-corrected chi connectivity index (χ0v) is 20.5. The van der Waals surface area contributed by atoms with Crippen molar-refractivity contribution in [1.29, 1.82) is 0 Å². The molecule has 0 saturated carbocycles. The number of thioether (sulfide) groups is 1. The Morgan fingerprint density at radius 3 is 2.69 bits per heavy atom. The molecule has 0 radical (unpaired) electrons. The Labute approximate surface area is 196 Å². The third-order valence-electron chi connectivity index (χ3n) is 4.16. The zero-order valence-electron chi connectivity index (χ0n) is 15.9. The number of halogens is 2. The molecule has 1 saturated heterocycles. The number of hydrogen-bond donors (Lipinski definition) is 0. The number of imide groups is 1. The van der Waals surface area contributed by atoms with E-state index in [1.54, 1.807) is 13.2 Å². The fourth-order valence-electron chi connectivity index (χ4n) is 2.75. The number of amides is 2. The van der Waals surface area contributed by atoms with Gasteiger partial charge in [-0.25, -0.2) is 0 Å². The molecule has 0 N–H and O–H groups in total. The molecule has 1 fully saturated rings. The van der Waals surface area contributed by atoms with Crippen molar-refractivity contribution < 1.29 is 19.1 Å². The summed E-state index contributed by atoms with van der Waals surface area (Å²) in [5, 5.41) is -0.276. The van der Waals surface area contributed by atoms with E-state index in [0.717, 1.165) is 37.4 Å². The predicted molar refractivity (Wildman–Crippen MR) is 127 cm³/mol. The molecule has 1 heterocycles. The summed E-state index contributed by atoms with van der Waals surface area (Å²) >= 11 is 6.60. The molecule has 0 unspecified atom stereocenters. The number of rotatable bonds is 7. The number of methoxy groups -OCH3 is 1. The Kier molecular flexibility index (Phi) is 7.64. The maximum Gasteiger partial charge on any atom is 0.293 e. The van der Waals surface area contributed by atoms with Crippen LogP contribution in [-0.2, 0) is 11.3 Å². The molecular formula is C21H19BrINO4S. The fourth-order valence-corrected chi connectivity index (χ4v) is 4.78. The minimum Gasteiger partial charge on any atom is -0.493 e. The molecule has 1 aliphatic heterocycles. The summed E-state index contributed by atoms with van der Waals surface area (Å²) in [5.74, 6) is 0.995. The van der Waals surface area contributed by atoms with Gasteiger partial charge in [0.1, 0.15) is 0 Å². The number of carbonyl (C=O) groups excluding carboxylic acids is 2. The molecule has 152 valence electrons. The highest BCUT2D eigenvalue weighted by atomic mass is 127. The van der Waals surface area contributed by atoms with Gasteiger partial charge in [0.05, 0.1) is 28.7 Å². The first-order valence-corrected chi connectivity index (χ1v) is 11.6. The Balaban J connectivity index is 1.85. The second-order valence-electron chi connectivity index (χ2n) is 6.24. The highest BCUT2D eigenvalue weighted by molar-refractivity contribution is 14.1. The van der Waals surface area contributed by atoms with Crippen LogP contribution in [-0.4, -0.2) is 29.8 Å². The summed E-state index contributed by atoms with van der Waals surface area (Å²) in [6.45, 7) is 2.87. The number of nitrogens with zero attached hydrogens (tertiary/aromatic N) is 1.